The van der Waals surface area contributed by atoms with Crippen molar-refractivity contribution in [1.82, 2.24) is 9.78 Å². The van der Waals surface area contributed by atoms with Crippen molar-refractivity contribution in [1.29, 1.82) is 0 Å². The molecule has 0 amide bonds. The van der Waals surface area contributed by atoms with Crippen molar-refractivity contribution >= 4 is 45.2 Å². The molecule has 0 saturated heterocycles. The second kappa shape index (κ2) is 17.1. The van der Waals surface area contributed by atoms with E-state index in [0.29, 0.717) is 16.8 Å². The van der Waals surface area contributed by atoms with Crippen molar-refractivity contribution in [2.24, 2.45) is 20.5 Å². The van der Waals surface area contributed by atoms with Crippen molar-refractivity contribution in [2.75, 3.05) is 0 Å². The van der Waals surface area contributed by atoms with Gasteiger partial charge in [-0.2, -0.15) is 5.11 Å². The van der Waals surface area contributed by atoms with E-state index in [1.54, 1.807) is 55.5 Å². The molecule has 0 spiro atoms. The van der Waals surface area contributed by atoms with Crippen LogP contribution in [0.2, 0.25) is 0 Å². The minimum Gasteiger partial charge on any atom is -0.506 e. The standard InChI is InChI=1S/C17H13N4O3.C16H11N3O4.Cr.Na/c1-11-15(16(22)21(20-11)12-7-3-2-4-8-12)19-18-14-10-6-5-9-13(14)17(23)24;20-14-8-5-10-3-1-2-4-12(10)16(14)18-17-13-7-6-11(19(22)23)9-15(13)21;;/h2-10H,1H3,(H,23,24);1-9,20-21H;;/q-1;;;+1. The van der Waals surface area contributed by atoms with Gasteiger partial charge in [-0.1, -0.05) is 73.3 Å². The summed E-state index contributed by atoms with van der Waals surface area (Å²) in [7, 11) is 0. The van der Waals surface area contributed by atoms with Crippen LogP contribution in [0.4, 0.5) is 28.4 Å². The Hall–Kier alpha value is -5.43. The van der Waals surface area contributed by atoms with Gasteiger partial charge in [0.05, 0.1) is 27.9 Å². The molecule has 16 heteroatoms. The Bertz CT molecular complexity index is 2240. The molecule has 0 fully saturated rings. The van der Waals surface area contributed by atoms with E-state index >= 15 is 0 Å². The molecule has 49 heavy (non-hydrogen) atoms. The van der Waals surface area contributed by atoms with E-state index in [4.69, 9.17) is 5.11 Å². The number of azo groups is 2. The molecule has 14 nitrogen and oxygen atoms in total. The van der Waals surface area contributed by atoms with Gasteiger partial charge in [-0.25, -0.2) is 14.6 Å². The van der Waals surface area contributed by atoms with Crippen LogP contribution in [0, 0.1) is 17.0 Å². The van der Waals surface area contributed by atoms with Crippen LogP contribution < -0.4 is 35.1 Å². The number of aromatic carboxylic acids is 1. The molecule has 6 rings (SSSR count). The minimum absolute atomic E-state index is 0. The molecule has 6 aromatic rings. The molecule has 0 aliphatic carbocycles. The molecule has 0 saturated carbocycles. The molecule has 0 aliphatic heterocycles. The number of aryl methyl sites for hydroxylation is 1. The second-order valence-electron chi connectivity index (χ2n) is 9.79. The number of non-ortho nitro benzene ring substituents is 1. The number of aromatic nitrogens is 2. The Kier molecular flexibility index (Phi) is 13.3. The Labute approximate surface area is 310 Å². The number of phenols is 2. The Balaban J connectivity index is 0.000000255. The fourth-order valence-electron chi connectivity index (χ4n) is 4.37. The Morgan fingerprint density at radius 2 is 1.51 bits per heavy atom. The van der Waals surface area contributed by atoms with Gasteiger partial charge in [-0.3, -0.25) is 10.1 Å². The van der Waals surface area contributed by atoms with Crippen LogP contribution in [0.3, 0.4) is 0 Å². The van der Waals surface area contributed by atoms with Gasteiger partial charge >= 0.3 is 35.5 Å². The molecule has 5 aromatic carbocycles. The molecule has 3 N–H and O–H groups in total. The van der Waals surface area contributed by atoms with Gasteiger partial charge < -0.3 is 25.2 Å². The van der Waals surface area contributed by atoms with Gasteiger partial charge in [0.15, 0.2) is 0 Å². The zero-order valence-corrected chi connectivity index (χ0v) is 29.2. The zero-order chi connectivity index (χ0) is 33.5. The fourth-order valence-corrected chi connectivity index (χ4v) is 4.37. The smallest absolute Gasteiger partial charge is 0.506 e. The summed E-state index contributed by atoms with van der Waals surface area (Å²) < 4.78 is 1.24. The zero-order valence-electron chi connectivity index (χ0n) is 25.9. The number of hydrogen-bond acceptors (Lipinski definition) is 11. The summed E-state index contributed by atoms with van der Waals surface area (Å²) in [5.41, 5.74) is 1.00. The summed E-state index contributed by atoms with van der Waals surface area (Å²) in [4.78, 5) is 33.7. The average molecular weight is 706 g/mol. The van der Waals surface area contributed by atoms with Crippen molar-refractivity contribution < 1.29 is 72.0 Å². The maximum absolute atomic E-state index is 12.5. The molecule has 0 bridgehead atoms. The first kappa shape index (κ1) is 38.0. The van der Waals surface area contributed by atoms with E-state index < -0.39 is 16.5 Å². The molecular formula is C33H24CrN7NaO7. The van der Waals surface area contributed by atoms with Crippen LogP contribution in [0.5, 0.6) is 11.5 Å². The summed E-state index contributed by atoms with van der Waals surface area (Å²) in [5, 5.41) is 61.0. The molecule has 240 valence electrons. The number of nitrogens with zero attached hydrogens (tertiary/aromatic N) is 7. The number of nitro groups is 1. The summed E-state index contributed by atoms with van der Waals surface area (Å²) >= 11 is 0. The van der Waals surface area contributed by atoms with Gasteiger partial charge in [0.1, 0.15) is 28.4 Å². The van der Waals surface area contributed by atoms with E-state index in [1.807, 2.05) is 24.3 Å². The maximum Gasteiger partial charge on any atom is 1.00 e. The van der Waals surface area contributed by atoms with Crippen LogP contribution in [0.1, 0.15) is 16.1 Å². The number of para-hydroxylation sites is 1. The first-order valence-electron chi connectivity index (χ1n) is 13.8. The van der Waals surface area contributed by atoms with Crippen LogP contribution in [0.15, 0.2) is 134 Å². The van der Waals surface area contributed by atoms with Crippen molar-refractivity contribution in [3.8, 4) is 17.2 Å². The SMILES string of the molecule is Cc1nn(-c2ccccc2)c(=O)[c-]1N=Nc1ccccc1C(=O)O.O=[N+]([O-])c1ccc(N=Nc2c(O)ccc3ccccc23)c(O)c1.[Cr].[Na+]. The molecule has 0 radical (unpaired) electrons. The largest absolute Gasteiger partial charge is 1.00 e. The third-order valence-corrected chi connectivity index (χ3v) is 6.69. The number of carbonyl (C=O) groups is 1. The van der Waals surface area contributed by atoms with E-state index in [0.717, 1.165) is 11.5 Å². The second-order valence-corrected chi connectivity index (χ2v) is 9.79. The molecule has 1 aromatic heterocycles. The van der Waals surface area contributed by atoms with Crippen molar-refractivity contribution in [2.45, 2.75) is 6.92 Å². The van der Waals surface area contributed by atoms with Gasteiger partial charge in [-0.05, 0) is 41.8 Å². The molecule has 0 unspecified atom stereocenters. The number of rotatable bonds is 7. The van der Waals surface area contributed by atoms with E-state index in [2.05, 4.69) is 25.6 Å². The predicted octanol–water partition coefficient (Wildman–Crippen LogP) is 4.95. The number of phenolic OH excluding ortho intramolecular Hbond substituents is 2. The molecule has 0 atom stereocenters. The first-order chi connectivity index (χ1) is 22.6. The van der Waals surface area contributed by atoms with Crippen LogP contribution in [-0.4, -0.2) is 36.0 Å². The number of benzene rings is 5. The third-order valence-electron chi connectivity index (χ3n) is 6.69. The van der Waals surface area contributed by atoms with Crippen LogP contribution in [-0.2, 0) is 17.4 Å². The number of carboxylic acids is 1. The van der Waals surface area contributed by atoms with E-state index in [1.165, 1.54) is 35.0 Å². The predicted molar refractivity (Wildman–Crippen MR) is 172 cm³/mol. The summed E-state index contributed by atoms with van der Waals surface area (Å²) in [5.74, 6) is -1.51. The summed E-state index contributed by atoms with van der Waals surface area (Å²) in [6, 6.07) is 29.3. The van der Waals surface area contributed by atoms with E-state index in [9.17, 15) is 29.9 Å². The maximum atomic E-state index is 12.5. The molecule has 1 heterocycles. The summed E-state index contributed by atoms with van der Waals surface area (Å²) in [6.45, 7) is 1.65. The number of hydrogen-bond donors (Lipinski definition) is 3. The van der Waals surface area contributed by atoms with Crippen LogP contribution in [0.25, 0.3) is 16.5 Å². The van der Waals surface area contributed by atoms with Crippen molar-refractivity contribution in [3.05, 3.63) is 141 Å². The normalized spacial score (nSPS) is 10.6. The molecule has 0 aliphatic rings. The summed E-state index contributed by atoms with van der Waals surface area (Å²) in [6.07, 6.45) is 0. The minimum atomic E-state index is -1.11. The number of nitro benzene ring substituents is 1. The van der Waals surface area contributed by atoms with Gasteiger partial charge in [-0.15, -0.1) is 15.9 Å². The Morgan fingerprint density at radius 3 is 2.20 bits per heavy atom. The number of fused-ring (bicyclic) bond motifs is 1. The first-order valence-corrected chi connectivity index (χ1v) is 13.8. The van der Waals surface area contributed by atoms with Crippen molar-refractivity contribution in [3.63, 3.8) is 0 Å². The average Bonchev–Trinajstić information content (AvgIpc) is 3.36. The van der Waals surface area contributed by atoms with Gasteiger partial charge in [0, 0.05) is 28.8 Å². The molecular weight excluding hydrogens is 681 g/mol. The van der Waals surface area contributed by atoms with Gasteiger partial charge in [0.25, 0.3) is 5.69 Å². The van der Waals surface area contributed by atoms with E-state index in [-0.39, 0.29) is 92.4 Å². The fraction of sp³-hybridized carbons (Fsp3) is 0.0303. The third kappa shape index (κ3) is 8.93. The topological polar surface area (TPSA) is 205 Å². The quantitative estimate of drug-likeness (QED) is 0.0680. The van der Waals surface area contributed by atoms with Crippen LogP contribution >= 0.6 is 0 Å². The monoisotopic (exact) mass is 705 g/mol. The Morgan fingerprint density at radius 1 is 0.837 bits per heavy atom. The number of aromatic hydroxyl groups is 2. The van der Waals surface area contributed by atoms with Gasteiger partial charge in [0.2, 0.25) is 0 Å². The number of carboxylic acid groups (broad SMARTS) is 1.